The van der Waals surface area contributed by atoms with Crippen LogP contribution in [-0.2, 0) is 11.2 Å². The molecule has 0 aliphatic carbocycles. The number of imidazole rings is 1. The van der Waals surface area contributed by atoms with Gasteiger partial charge in [-0.25, -0.2) is 9.78 Å². The molecule has 154 valence electrons. The first kappa shape index (κ1) is 20.3. The largest absolute Gasteiger partial charge is 0.444 e. The summed E-state index contributed by atoms with van der Waals surface area (Å²) in [4.78, 5) is 20.8. The van der Waals surface area contributed by atoms with E-state index in [9.17, 15) is 4.79 Å². The molecule has 30 heavy (non-hydrogen) atoms. The highest BCUT2D eigenvalue weighted by atomic mass is 79.9. The average molecular weight is 467 g/mol. The molecule has 0 saturated heterocycles. The van der Waals surface area contributed by atoms with Crippen molar-refractivity contribution in [2.24, 2.45) is 0 Å². The second-order valence-corrected chi connectivity index (χ2v) is 9.03. The molecule has 0 radical (unpaired) electrons. The summed E-state index contributed by atoms with van der Waals surface area (Å²) in [5.41, 5.74) is 4.47. The molecule has 2 aromatic heterocycles. The van der Waals surface area contributed by atoms with Crippen LogP contribution in [0, 0.1) is 0 Å². The Kier molecular flexibility index (Phi) is 5.47. The lowest BCUT2D eigenvalue weighted by atomic mass is 10.1. The van der Waals surface area contributed by atoms with Gasteiger partial charge in [0.2, 0.25) is 0 Å². The Bertz CT molecular complexity index is 1210. The Morgan fingerprint density at radius 2 is 1.87 bits per heavy atom. The Balaban J connectivity index is 1.53. The van der Waals surface area contributed by atoms with Crippen molar-refractivity contribution in [1.82, 2.24) is 19.9 Å². The summed E-state index contributed by atoms with van der Waals surface area (Å²) >= 11 is 3.55. The maximum atomic E-state index is 11.8. The summed E-state index contributed by atoms with van der Waals surface area (Å²) in [5, 5.41) is 3.84. The van der Waals surface area contributed by atoms with Crippen molar-refractivity contribution in [3.05, 3.63) is 65.0 Å². The van der Waals surface area contributed by atoms with Crippen LogP contribution in [0.3, 0.4) is 0 Å². The maximum Gasteiger partial charge on any atom is 0.407 e. The molecule has 2 heterocycles. The van der Waals surface area contributed by atoms with Gasteiger partial charge in [-0.2, -0.15) is 0 Å². The van der Waals surface area contributed by atoms with Gasteiger partial charge in [-0.15, -0.1) is 0 Å². The van der Waals surface area contributed by atoms with E-state index < -0.39 is 11.7 Å². The van der Waals surface area contributed by atoms with Crippen LogP contribution in [0.4, 0.5) is 4.79 Å². The number of rotatable bonds is 4. The quantitative estimate of drug-likeness (QED) is 0.436. The number of carbonyl (C=O) groups excluding carboxylic acids is 1. The lowest BCUT2D eigenvalue weighted by Crippen LogP contribution is -2.33. The standard InChI is InChI=1S/C23H23BrN4O2/c1-23(2,3)30-22(29)25-11-10-15-4-7-17(8-5-15)28-14-27-20-13-26-19-9-6-16(24)12-18(19)21(20)28/h4-9,12-14H,10-11H2,1-3H3,(H,25,29). The van der Waals surface area contributed by atoms with Crippen molar-refractivity contribution < 1.29 is 9.53 Å². The minimum absolute atomic E-state index is 0.393. The number of hydrogen-bond acceptors (Lipinski definition) is 4. The third-order valence-electron chi connectivity index (χ3n) is 4.63. The first-order valence-corrected chi connectivity index (χ1v) is 10.6. The van der Waals surface area contributed by atoms with Gasteiger partial charge in [0.25, 0.3) is 0 Å². The molecule has 1 amide bonds. The molecule has 6 nitrogen and oxygen atoms in total. The molecule has 0 aliphatic rings. The highest BCUT2D eigenvalue weighted by molar-refractivity contribution is 9.10. The predicted molar refractivity (Wildman–Crippen MR) is 122 cm³/mol. The van der Waals surface area contributed by atoms with Gasteiger partial charge in [0.15, 0.2) is 0 Å². The van der Waals surface area contributed by atoms with Crippen LogP contribution in [0.25, 0.3) is 27.6 Å². The molecule has 0 unspecified atom stereocenters. The Labute approximate surface area is 183 Å². The van der Waals surface area contributed by atoms with Crippen LogP contribution in [0.2, 0.25) is 0 Å². The van der Waals surface area contributed by atoms with Crippen molar-refractivity contribution in [3.63, 3.8) is 0 Å². The molecule has 0 fully saturated rings. The van der Waals surface area contributed by atoms with Gasteiger partial charge in [-0.05, 0) is 63.1 Å². The van der Waals surface area contributed by atoms with E-state index in [0.29, 0.717) is 6.54 Å². The minimum atomic E-state index is -0.491. The summed E-state index contributed by atoms with van der Waals surface area (Å²) in [6, 6.07) is 14.3. The van der Waals surface area contributed by atoms with Gasteiger partial charge >= 0.3 is 6.09 Å². The van der Waals surface area contributed by atoms with Gasteiger partial charge in [-0.1, -0.05) is 28.1 Å². The van der Waals surface area contributed by atoms with Crippen LogP contribution in [0.1, 0.15) is 26.3 Å². The smallest absolute Gasteiger partial charge is 0.407 e. The highest BCUT2D eigenvalue weighted by Crippen LogP contribution is 2.28. The van der Waals surface area contributed by atoms with Crippen molar-refractivity contribution in [2.75, 3.05) is 6.54 Å². The van der Waals surface area contributed by atoms with Crippen molar-refractivity contribution in [3.8, 4) is 5.69 Å². The van der Waals surface area contributed by atoms with E-state index >= 15 is 0 Å². The van der Waals surface area contributed by atoms with Crippen LogP contribution in [0.5, 0.6) is 0 Å². The number of fused-ring (bicyclic) bond motifs is 3. The van der Waals surface area contributed by atoms with E-state index in [1.807, 2.05) is 39.2 Å². The number of hydrogen-bond donors (Lipinski definition) is 1. The van der Waals surface area contributed by atoms with Crippen LogP contribution in [-0.4, -0.2) is 32.8 Å². The summed E-state index contributed by atoms with van der Waals surface area (Å²) in [6.45, 7) is 6.07. The fourth-order valence-corrected chi connectivity index (χ4v) is 3.67. The molecule has 4 aromatic rings. The lowest BCUT2D eigenvalue weighted by molar-refractivity contribution is 0.0528. The number of nitrogens with one attached hydrogen (secondary N) is 1. The predicted octanol–water partition coefficient (Wildman–Crippen LogP) is 5.40. The SMILES string of the molecule is CC(C)(C)OC(=O)NCCc1ccc(-n2cnc3cnc4ccc(Br)cc4c32)cc1. The Hall–Kier alpha value is -2.93. The summed E-state index contributed by atoms with van der Waals surface area (Å²) in [6.07, 6.45) is 3.96. The molecule has 0 saturated carbocycles. The fourth-order valence-electron chi connectivity index (χ4n) is 3.31. The minimum Gasteiger partial charge on any atom is -0.444 e. The molecule has 7 heteroatoms. The number of amides is 1. The zero-order valence-corrected chi connectivity index (χ0v) is 18.7. The van der Waals surface area contributed by atoms with Crippen LogP contribution in [0.15, 0.2) is 59.5 Å². The van der Waals surface area contributed by atoms with Crippen molar-refractivity contribution >= 4 is 44.0 Å². The van der Waals surface area contributed by atoms with E-state index in [1.165, 1.54) is 0 Å². The van der Waals surface area contributed by atoms with E-state index in [2.05, 4.69) is 66.1 Å². The summed E-state index contributed by atoms with van der Waals surface area (Å²) < 4.78 is 8.34. The second-order valence-electron chi connectivity index (χ2n) is 8.11. The molecule has 1 N–H and O–H groups in total. The second kappa shape index (κ2) is 8.07. The number of ether oxygens (including phenoxy) is 1. The number of carbonyl (C=O) groups is 1. The molecule has 2 aromatic carbocycles. The molecule has 0 spiro atoms. The third-order valence-corrected chi connectivity index (χ3v) is 5.13. The first-order chi connectivity index (χ1) is 14.3. The van der Waals surface area contributed by atoms with Gasteiger partial charge in [0, 0.05) is 22.1 Å². The summed E-state index contributed by atoms with van der Waals surface area (Å²) in [5.74, 6) is 0. The van der Waals surface area contributed by atoms with Gasteiger partial charge in [0.05, 0.1) is 17.2 Å². The number of pyridine rings is 1. The summed E-state index contributed by atoms with van der Waals surface area (Å²) in [7, 11) is 0. The zero-order chi connectivity index (χ0) is 21.3. The van der Waals surface area contributed by atoms with E-state index in [1.54, 1.807) is 6.20 Å². The first-order valence-electron chi connectivity index (χ1n) is 9.78. The monoisotopic (exact) mass is 466 g/mol. The van der Waals surface area contributed by atoms with Gasteiger partial charge < -0.3 is 10.1 Å². The number of aromatic nitrogens is 3. The Morgan fingerprint density at radius 3 is 2.60 bits per heavy atom. The van der Waals surface area contributed by atoms with E-state index in [-0.39, 0.29) is 0 Å². The van der Waals surface area contributed by atoms with Crippen molar-refractivity contribution in [2.45, 2.75) is 32.8 Å². The average Bonchev–Trinajstić information content (AvgIpc) is 3.12. The number of benzene rings is 2. The molecule has 0 aliphatic heterocycles. The van der Waals surface area contributed by atoms with Crippen LogP contribution < -0.4 is 5.32 Å². The van der Waals surface area contributed by atoms with E-state index in [4.69, 9.17) is 4.74 Å². The molecule has 0 atom stereocenters. The molecule has 0 bridgehead atoms. The zero-order valence-electron chi connectivity index (χ0n) is 17.1. The third kappa shape index (κ3) is 4.46. The van der Waals surface area contributed by atoms with Gasteiger partial charge in [0.1, 0.15) is 17.4 Å². The maximum absolute atomic E-state index is 11.8. The fraction of sp³-hybridized carbons (Fsp3) is 0.261. The van der Waals surface area contributed by atoms with Gasteiger partial charge in [-0.3, -0.25) is 9.55 Å². The Morgan fingerprint density at radius 1 is 1.10 bits per heavy atom. The normalized spacial score (nSPS) is 11.7. The number of alkyl carbamates (subject to hydrolysis) is 1. The van der Waals surface area contributed by atoms with Crippen molar-refractivity contribution in [1.29, 1.82) is 0 Å². The molecule has 4 rings (SSSR count). The van der Waals surface area contributed by atoms with Crippen LogP contribution >= 0.6 is 15.9 Å². The number of halogens is 1. The molecular formula is C23H23BrN4O2. The lowest BCUT2D eigenvalue weighted by Gasteiger charge is -2.19. The molecular weight excluding hydrogens is 444 g/mol. The highest BCUT2D eigenvalue weighted by Gasteiger charge is 2.15. The van der Waals surface area contributed by atoms with E-state index in [0.717, 1.165) is 44.1 Å². The topological polar surface area (TPSA) is 69.0 Å². The number of nitrogens with zero attached hydrogens (tertiary/aromatic N) is 3.